The molecule has 0 bridgehead atoms. The molecule has 0 aliphatic rings. The van der Waals surface area contributed by atoms with Gasteiger partial charge in [0.05, 0.1) is 16.7 Å². The van der Waals surface area contributed by atoms with Crippen LogP contribution in [-0.4, -0.2) is 19.5 Å². The predicted molar refractivity (Wildman–Crippen MR) is 254 cm³/mol. The Kier molecular flexibility index (Phi) is 8.13. The molecule has 0 spiro atoms. The fourth-order valence-corrected chi connectivity index (χ4v) is 9.13. The third kappa shape index (κ3) is 5.88. The van der Waals surface area contributed by atoms with E-state index in [-0.39, 0.29) is 0 Å². The summed E-state index contributed by atoms with van der Waals surface area (Å²) >= 11 is 0. The van der Waals surface area contributed by atoms with Crippen LogP contribution in [0.1, 0.15) is 0 Å². The van der Waals surface area contributed by atoms with Gasteiger partial charge in [-0.3, -0.25) is 0 Å². The minimum atomic E-state index is 0.620. The summed E-state index contributed by atoms with van der Waals surface area (Å²) < 4.78 is 2.54. The number of aromatic nitrogens is 4. The van der Waals surface area contributed by atoms with E-state index >= 15 is 0 Å². The Bertz CT molecular complexity index is 3570. The van der Waals surface area contributed by atoms with Crippen molar-refractivity contribution >= 4 is 54.1 Å². The molecule has 284 valence electrons. The number of fused-ring (bicyclic) bond motifs is 7. The van der Waals surface area contributed by atoms with Crippen molar-refractivity contribution in [2.24, 2.45) is 0 Å². The second-order valence-corrected chi connectivity index (χ2v) is 15.6. The SMILES string of the molecule is c1ccc(-c2cccc(-c3cc(-c4nc(-c5ccccc5)nc(-c5ccccc5)n4)c4ccccc4c3-n3c4cc5ccccc5cc4c4ccc5ccccc5c43)c2)cc1. The van der Waals surface area contributed by atoms with Crippen molar-refractivity contribution in [1.82, 2.24) is 19.5 Å². The highest BCUT2D eigenvalue weighted by atomic mass is 15.0. The molecule has 0 atom stereocenters. The molecule has 0 N–H and O–H groups in total. The van der Waals surface area contributed by atoms with Gasteiger partial charge < -0.3 is 4.57 Å². The van der Waals surface area contributed by atoms with Gasteiger partial charge in [-0.25, -0.2) is 15.0 Å². The molecule has 0 unspecified atom stereocenters. The molecule has 0 saturated heterocycles. The van der Waals surface area contributed by atoms with Crippen LogP contribution in [0.3, 0.4) is 0 Å². The second kappa shape index (κ2) is 14.3. The lowest BCUT2D eigenvalue weighted by molar-refractivity contribution is 1.08. The molecular weight excluding hydrogens is 741 g/mol. The van der Waals surface area contributed by atoms with Gasteiger partial charge in [0.25, 0.3) is 0 Å². The number of rotatable bonds is 6. The summed E-state index contributed by atoms with van der Waals surface area (Å²) in [6, 6.07) is 77.8. The highest BCUT2D eigenvalue weighted by Gasteiger charge is 2.24. The van der Waals surface area contributed by atoms with E-state index in [1.165, 1.54) is 43.4 Å². The van der Waals surface area contributed by atoms with Gasteiger partial charge in [-0.05, 0) is 62.5 Å². The van der Waals surface area contributed by atoms with Crippen LogP contribution in [0.5, 0.6) is 0 Å². The highest BCUT2D eigenvalue weighted by molar-refractivity contribution is 6.22. The van der Waals surface area contributed by atoms with Gasteiger partial charge in [0, 0.05) is 43.8 Å². The minimum absolute atomic E-state index is 0.620. The van der Waals surface area contributed by atoms with E-state index in [9.17, 15) is 0 Å². The Balaban J connectivity index is 1.24. The zero-order valence-electron chi connectivity index (χ0n) is 33.1. The first-order valence-corrected chi connectivity index (χ1v) is 20.7. The van der Waals surface area contributed by atoms with Crippen LogP contribution in [-0.2, 0) is 0 Å². The number of hydrogen-bond donors (Lipinski definition) is 0. The van der Waals surface area contributed by atoms with E-state index in [1.807, 2.05) is 36.4 Å². The monoisotopic (exact) mass is 776 g/mol. The molecule has 2 aromatic heterocycles. The second-order valence-electron chi connectivity index (χ2n) is 15.6. The summed E-state index contributed by atoms with van der Waals surface area (Å²) in [6.07, 6.45) is 0. The molecule has 61 heavy (non-hydrogen) atoms. The van der Waals surface area contributed by atoms with Crippen molar-refractivity contribution < 1.29 is 0 Å². The smallest absolute Gasteiger partial charge is 0.164 e. The summed E-state index contributed by atoms with van der Waals surface area (Å²) in [5.41, 5.74) is 10.7. The van der Waals surface area contributed by atoms with Gasteiger partial charge in [-0.15, -0.1) is 0 Å². The van der Waals surface area contributed by atoms with Gasteiger partial charge in [0.15, 0.2) is 17.5 Å². The Hall–Kier alpha value is -8.21. The van der Waals surface area contributed by atoms with Crippen molar-refractivity contribution in [3.8, 4) is 62.1 Å². The number of benzene rings is 10. The van der Waals surface area contributed by atoms with Gasteiger partial charge in [-0.1, -0.05) is 194 Å². The molecule has 0 fully saturated rings. The largest absolute Gasteiger partial charge is 0.307 e. The Morgan fingerprint density at radius 2 is 0.803 bits per heavy atom. The van der Waals surface area contributed by atoms with Crippen molar-refractivity contribution in [3.05, 3.63) is 218 Å². The van der Waals surface area contributed by atoms with Crippen LogP contribution in [0, 0.1) is 0 Å². The number of nitrogens with zero attached hydrogens (tertiary/aromatic N) is 4. The van der Waals surface area contributed by atoms with Gasteiger partial charge in [0.1, 0.15) is 0 Å². The van der Waals surface area contributed by atoms with Crippen LogP contribution < -0.4 is 0 Å². The van der Waals surface area contributed by atoms with E-state index in [1.54, 1.807) is 0 Å². The average molecular weight is 777 g/mol. The van der Waals surface area contributed by atoms with E-state index in [0.717, 1.165) is 55.4 Å². The topological polar surface area (TPSA) is 43.6 Å². The normalized spacial score (nSPS) is 11.6. The zero-order chi connectivity index (χ0) is 40.3. The summed E-state index contributed by atoms with van der Waals surface area (Å²) in [7, 11) is 0. The Morgan fingerprint density at radius 1 is 0.279 bits per heavy atom. The molecule has 2 heterocycles. The van der Waals surface area contributed by atoms with Crippen LogP contribution in [0.25, 0.3) is 116 Å². The lowest BCUT2D eigenvalue weighted by Crippen LogP contribution is -2.04. The summed E-state index contributed by atoms with van der Waals surface area (Å²) in [6.45, 7) is 0. The Labute approximate surface area is 352 Å². The van der Waals surface area contributed by atoms with Crippen molar-refractivity contribution in [2.45, 2.75) is 0 Å². The maximum absolute atomic E-state index is 5.29. The molecule has 0 radical (unpaired) electrons. The van der Waals surface area contributed by atoms with Crippen LogP contribution in [0.2, 0.25) is 0 Å². The third-order valence-electron chi connectivity index (χ3n) is 12.0. The summed E-state index contributed by atoms with van der Waals surface area (Å²) in [4.78, 5) is 15.6. The maximum atomic E-state index is 5.29. The molecule has 0 aliphatic carbocycles. The molecule has 0 aliphatic heterocycles. The quantitative estimate of drug-likeness (QED) is 0.169. The standard InChI is InChI=1S/C57H36N4/c1-4-17-37(18-5-1)41-26-16-27-44(33-41)49-36-51(57-59-55(39-20-6-2-7-21-39)58-56(60-57)40-22-8-3-9-23-40)46-29-14-15-30-47(46)54(49)61-52-35-43-25-11-10-24-42(43)34-50(52)48-32-31-38-19-12-13-28-45(38)53(48)61/h1-36H. The van der Waals surface area contributed by atoms with Crippen molar-refractivity contribution in [1.29, 1.82) is 0 Å². The zero-order valence-corrected chi connectivity index (χ0v) is 33.1. The molecule has 10 aromatic carbocycles. The maximum Gasteiger partial charge on any atom is 0.164 e. The fourth-order valence-electron chi connectivity index (χ4n) is 9.13. The molecule has 12 aromatic rings. The van der Waals surface area contributed by atoms with Gasteiger partial charge in [-0.2, -0.15) is 0 Å². The summed E-state index contributed by atoms with van der Waals surface area (Å²) in [5.74, 6) is 1.88. The molecule has 4 heteroatoms. The van der Waals surface area contributed by atoms with E-state index in [4.69, 9.17) is 15.0 Å². The van der Waals surface area contributed by atoms with E-state index < -0.39 is 0 Å². The van der Waals surface area contributed by atoms with Crippen LogP contribution in [0.4, 0.5) is 0 Å². The van der Waals surface area contributed by atoms with Gasteiger partial charge >= 0.3 is 0 Å². The molecule has 4 nitrogen and oxygen atoms in total. The van der Waals surface area contributed by atoms with Crippen molar-refractivity contribution in [2.75, 3.05) is 0 Å². The molecule has 0 saturated carbocycles. The first-order valence-electron chi connectivity index (χ1n) is 20.7. The third-order valence-corrected chi connectivity index (χ3v) is 12.0. The average Bonchev–Trinajstić information content (AvgIpc) is 3.66. The van der Waals surface area contributed by atoms with Crippen molar-refractivity contribution in [3.63, 3.8) is 0 Å². The lowest BCUT2D eigenvalue weighted by Gasteiger charge is -2.21. The molecule has 0 amide bonds. The Morgan fingerprint density at radius 3 is 1.49 bits per heavy atom. The summed E-state index contributed by atoms with van der Waals surface area (Å²) in [5, 5.41) is 9.41. The first kappa shape index (κ1) is 34.8. The number of hydrogen-bond acceptors (Lipinski definition) is 3. The fraction of sp³-hybridized carbons (Fsp3) is 0. The molecular formula is C57H36N4. The molecule has 12 rings (SSSR count). The highest BCUT2D eigenvalue weighted by Crippen LogP contribution is 2.46. The van der Waals surface area contributed by atoms with E-state index in [0.29, 0.717) is 17.5 Å². The van der Waals surface area contributed by atoms with Crippen LogP contribution in [0.15, 0.2) is 218 Å². The predicted octanol–water partition coefficient (Wildman–Crippen LogP) is 14.8. The van der Waals surface area contributed by atoms with Gasteiger partial charge in [0.2, 0.25) is 0 Å². The van der Waals surface area contributed by atoms with Crippen LogP contribution >= 0.6 is 0 Å². The minimum Gasteiger partial charge on any atom is -0.307 e. The lowest BCUT2D eigenvalue weighted by atomic mass is 9.91. The van der Waals surface area contributed by atoms with E-state index in [2.05, 4.69) is 187 Å². The first-order chi connectivity index (χ1) is 30.2.